The number of esters is 1. The van der Waals surface area contributed by atoms with Gasteiger partial charge in [0.15, 0.2) is 0 Å². The number of fused-ring (bicyclic) bond motifs is 2. The molecule has 12 heteroatoms. The molecule has 2 saturated heterocycles. The molecule has 248 valence electrons. The zero-order valence-electron chi connectivity index (χ0n) is 26.1. The number of para-hydroxylation sites is 1. The highest BCUT2D eigenvalue weighted by atomic mass is 79.9. The summed E-state index contributed by atoms with van der Waals surface area (Å²) >= 11 is 10.3. The molecule has 4 heterocycles. The van der Waals surface area contributed by atoms with Crippen LogP contribution in [0.4, 0.5) is 5.69 Å². The number of nitrogens with one attached hydrogen (secondary N) is 1. The van der Waals surface area contributed by atoms with E-state index in [1.165, 1.54) is 9.80 Å². The van der Waals surface area contributed by atoms with Gasteiger partial charge in [-0.2, -0.15) is 0 Å². The fourth-order valence-electron chi connectivity index (χ4n) is 7.34. The average Bonchev–Trinajstić information content (AvgIpc) is 3.65. The summed E-state index contributed by atoms with van der Waals surface area (Å²) in [7, 11) is 0. The maximum Gasteiger partial charge on any atom is 0.313 e. The lowest BCUT2D eigenvalue weighted by Crippen LogP contribution is -2.58. The zero-order valence-corrected chi connectivity index (χ0v) is 28.4. The van der Waals surface area contributed by atoms with Crippen LogP contribution in [0.5, 0.6) is 0 Å². The highest BCUT2D eigenvalue weighted by molar-refractivity contribution is 9.11. The first-order valence-corrected chi connectivity index (χ1v) is 17.0. The van der Waals surface area contributed by atoms with Crippen LogP contribution in [-0.2, 0) is 28.7 Å². The van der Waals surface area contributed by atoms with Crippen LogP contribution in [-0.4, -0.2) is 77.2 Å². The molecular weight excluding hydrogens is 690 g/mol. The number of hydrogen-bond acceptors (Lipinski definition) is 7. The Bertz CT molecular complexity index is 1610. The van der Waals surface area contributed by atoms with E-state index in [1.807, 2.05) is 44.2 Å². The van der Waals surface area contributed by atoms with Gasteiger partial charge in [0.1, 0.15) is 29.8 Å². The molecule has 0 radical (unpaired) electrons. The van der Waals surface area contributed by atoms with Gasteiger partial charge >= 0.3 is 5.97 Å². The number of amides is 3. The molecular formula is C35H37BrClN3O7. The number of benzene rings is 2. The first kappa shape index (κ1) is 33.4. The number of cyclic esters (lactones) is 1. The van der Waals surface area contributed by atoms with E-state index in [-0.39, 0.29) is 32.0 Å². The Morgan fingerprint density at radius 2 is 1.85 bits per heavy atom. The number of aryl methyl sites for hydroxylation is 1. The van der Waals surface area contributed by atoms with E-state index in [1.54, 1.807) is 36.4 Å². The van der Waals surface area contributed by atoms with Gasteiger partial charge in [-0.1, -0.05) is 89.1 Å². The number of likely N-dealkylation sites (tertiary alicyclic amines) is 1. The molecule has 47 heavy (non-hydrogen) atoms. The third kappa shape index (κ3) is 5.81. The maximum absolute atomic E-state index is 15.0. The van der Waals surface area contributed by atoms with Gasteiger partial charge in [0.25, 0.3) is 5.91 Å². The molecule has 2 aromatic carbocycles. The third-order valence-corrected chi connectivity index (χ3v) is 10.6. The van der Waals surface area contributed by atoms with Crippen LogP contribution in [0, 0.1) is 18.8 Å². The quantitative estimate of drug-likeness (QED) is 0.346. The van der Waals surface area contributed by atoms with E-state index in [0.29, 0.717) is 33.6 Å². The van der Waals surface area contributed by atoms with Gasteiger partial charge in [-0.3, -0.25) is 19.2 Å². The van der Waals surface area contributed by atoms with E-state index < -0.39 is 59.5 Å². The van der Waals surface area contributed by atoms with E-state index in [9.17, 15) is 19.5 Å². The Morgan fingerprint density at radius 1 is 1.09 bits per heavy atom. The number of carbonyl (C=O) groups is 4. The number of aliphatic hydroxyl groups excluding tert-OH is 1. The molecule has 0 unspecified atom stereocenters. The monoisotopic (exact) mass is 725 g/mol. The molecule has 1 spiro atoms. The fourth-order valence-corrected chi connectivity index (χ4v) is 8.40. The van der Waals surface area contributed by atoms with Crippen LogP contribution < -0.4 is 10.2 Å². The molecule has 3 amide bonds. The van der Waals surface area contributed by atoms with Crippen molar-refractivity contribution in [3.05, 3.63) is 87.4 Å². The number of carbonyl (C=O) groups excluding carboxylic acids is 4. The summed E-state index contributed by atoms with van der Waals surface area (Å²) in [5.74, 6) is -4.03. The number of anilines is 1. The van der Waals surface area contributed by atoms with Crippen molar-refractivity contribution in [2.24, 2.45) is 11.8 Å². The Hall–Kier alpha value is -3.51. The highest BCUT2D eigenvalue weighted by Gasteiger charge is 2.75. The number of rotatable bonds is 5. The minimum atomic E-state index is -1.52. The van der Waals surface area contributed by atoms with E-state index >= 15 is 4.79 Å². The average molecular weight is 727 g/mol. The van der Waals surface area contributed by atoms with Gasteiger partial charge in [0.2, 0.25) is 11.8 Å². The number of allylic oxidation sites excluding steroid dienone is 1. The minimum absolute atomic E-state index is 0.0343. The Balaban J connectivity index is 1.50. The summed E-state index contributed by atoms with van der Waals surface area (Å²) < 4.78 is 13.2. The van der Waals surface area contributed by atoms with Crippen molar-refractivity contribution >= 4 is 56.9 Å². The Labute approximate surface area is 286 Å². The molecule has 0 aliphatic carbocycles. The third-order valence-electron chi connectivity index (χ3n) is 9.58. The molecule has 4 aliphatic rings. The van der Waals surface area contributed by atoms with Crippen LogP contribution in [0.2, 0.25) is 5.02 Å². The lowest BCUT2D eigenvalue weighted by Gasteiger charge is -2.39. The summed E-state index contributed by atoms with van der Waals surface area (Å²) in [5.41, 5.74) is 0.370. The molecule has 6 rings (SSSR count). The van der Waals surface area contributed by atoms with Gasteiger partial charge in [-0.15, -0.1) is 0 Å². The predicted molar refractivity (Wildman–Crippen MR) is 179 cm³/mol. The molecule has 2 N–H and O–H groups in total. The number of nitrogens with zero attached hydrogens (tertiary/aromatic N) is 2. The van der Waals surface area contributed by atoms with Crippen LogP contribution in [0.3, 0.4) is 0 Å². The van der Waals surface area contributed by atoms with Crippen molar-refractivity contribution in [1.82, 2.24) is 10.2 Å². The summed E-state index contributed by atoms with van der Waals surface area (Å²) in [5, 5.41) is 13.7. The van der Waals surface area contributed by atoms with Crippen LogP contribution >= 0.6 is 27.5 Å². The van der Waals surface area contributed by atoms with Crippen molar-refractivity contribution in [2.45, 2.75) is 63.0 Å². The normalized spacial score (nSPS) is 30.9. The molecule has 4 aliphatic heterocycles. The van der Waals surface area contributed by atoms with E-state index in [0.717, 1.165) is 5.56 Å². The van der Waals surface area contributed by atoms with Crippen LogP contribution in [0.15, 0.2) is 71.2 Å². The van der Waals surface area contributed by atoms with Crippen molar-refractivity contribution < 1.29 is 33.8 Å². The zero-order chi connectivity index (χ0) is 33.5. The maximum atomic E-state index is 15.0. The summed E-state index contributed by atoms with van der Waals surface area (Å²) in [6.07, 6.45) is 4.59. The number of halogens is 2. The highest BCUT2D eigenvalue weighted by Crippen LogP contribution is 2.59. The second-order valence-electron chi connectivity index (χ2n) is 12.3. The second kappa shape index (κ2) is 13.5. The summed E-state index contributed by atoms with van der Waals surface area (Å²) in [6, 6.07) is 12.5. The molecule has 0 aromatic heterocycles. The van der Waals surface area contributed by atoms with Gasteiger partial charge in [-0.25, -0.2) is 0 Å². The Morgan fingerprint density at radius 3 is 2.55 bits per heavy atom. The van der Waals surface area contributed by atoms with Crippen molar-refractivity contribution in [3.8, 4) is 0 Å². The smallest absolute Gasteiger partial charge is 0.313 e. The first-order valence-electron chi connectivity index (χ1n) is 15.9. The predicted octanol–water partition coefficient (Wildman–Crippen LogP) is 4.38. The topological polar surface area (TPSA) is 125 Å². The van der Waals surface area contributed by atoms with Gasteiger partial charge < -0.3 is 29.7 Å². The number of aliphatic hydroxyl groups is 1. The van der Waals surface area contributed by atoms with Crippen LogP contribution in [0.1, 0.15) is 43.4 Å². The molecule has 2 fully saturated rings. The van der Waals surface area contributed by atoms with Gasteiger partial charge in [-0.05, 0) is 43.0 Å². The van der Waals surface area contributed by atoms with E-state index in [4.69, 9.17) is 21.1 Å². The fraction of sp³-hybridized carbons (Fsp3) is 0.429. The lowest BCUT2D eigenvalue weighted by molar-refractivity contribution is -0.160. The first-order chi connectivity index (χ1) is 22.6. The van der Waals surface area contributed by atoms with Gasteiger partial charge in [0.05, 0.1) is 35.8 Å². The molecule has 0 saturated carbocycles. The second-order valence-corrected chi connectivity index (χ2v) is 13.6. The molecule has 5 bridgehead atoms. The number of hydrogen-bond donors (Lipinski definition) is 2. The van der Waals surface area contributed by atoms with E-state index in [2.05, 4.69) is 21.2 Å². The largest absolute Gasteiger partial charge is 0.455 e. The standard InChI is InChI=1S/C35H37BrClN3O7/c1-3-22(19-41)40-31-33(44)39(29-20(2)11-10-14-24(29)37)16-9-5-8-15-26(42)38-18-25(21-12-6-4-7-13-21)46-34(45)27-28(32(40)43)35(31)17-23(36)30(27)47-35/h4-7,9-14,17,22,25,27-28,30-31,41H,3,8,15-16,18-19H2,1-2H3,(H,38,42)/b9-5-/t22-,25-,27-,28+,30-,31-,35+/m0/s1. The van der Waals surface area contributed by atoms with Crippen molar-refractivity contribution in [3.63, 3.8) is 0 Å². The lowest BCUT2D eigenvalue weighted by atomic mass is 9.74. The van der Waals surface area contributed by atoms with Crippen molar-refractivity contribution in [2.75, 3.05) is 24.6 Å². The summed E-state index contributed by atoms with van der Waals surface area (Å²) in [6.45, 7) is 3.41. The SMILES string of the molecule is CC[C@@H](CO)N1C(=O)[C@H]2[C@@H]3C(=O)O[C@H](c4ccccc4)CNC(=O)CC/C=C\CN(c4c(C)cccc4Cl)C(=O)[C@H]1[C@@]21C=C(Br)[C@@H]3O1. The molecule has 7 atom stereocenters. The van der Waals surface area contributed by atoms with Crippen LogP contribution in [0.25, 0.3) is 0 Å². The minimum Gasteiger partial charge on any atom is -0.455 e. The van der Waals surface area contributed by atoms with Crippen molar-refractivity contribution in [1.29, 1.82) is 0 Å². The molecule has 10 nitrogen and oxygen atoms in total. The van der Waals surface area contributed by atoms with Gasteiger partial charge in [0, 0.05) is 17.4 Å². The Kier molecular flexibility index (Phi) is 9.62. The number of ether oxygens (including phenoxy) is 2. The summed E-state index contributed by atoms with van der Waals surface area (Å²) in [4.78, 5) is 59.6. The molecule has 2 aromatic rings.